The van der Waals surface area contributed by atoms with Crippen LogP contribution in [0.25, 0.3) is 22.4 Å². The van der Waals surface area contributed by atoms with Gasteiger partial charge in [0.2, 0.25) is 5.75 Å². The van der Waals surface area contributed by atoms with Crippen molar-refractivity contribution in [2.75, 3.05) is 0 Å². The van der Waals surface area contributed by atoms with Crippen LogP contribution >= 0.6 is 0 Å². The number of aromatic nitrogens is 2. The second kappa shape index (κ2) is 9.14. The van der Waals surface area contributed by atoms with Crippen LogP contribution < -0.4 is 9.47 Å². The van der Waals surface area contributed by atoms with Gasteiger partial charge in [-0.1, -0.05) is 97.1 Å². The molecule has 4 heteroatoms. The summed E-state index contributed by atoms with van der Waals surface area (Å²) in [4.78, 5) is 0. The highest BCUT2D eigenvalue weighted by molar-refractivity contribution is 5.86. The minimum absolute atomic E-state index is 0.304. The molecule has 0 N–H and O–H groups in total. The van der Waals surface area contributed by atoms with Gasteiger partial charge in [0, 0.05) is 5.56 Å². The van der Waals surface area contributed by atoms with Crippen molar-refractivity contribution in [2.45, 2.75) is 0 Å². The molecule has 0 fully saturated rings. The molecule has 154 valence electrons. The first-order valence-corrected chi connectivity index (χ1v) is 10.4. The van der Waals surface area contributed by atoms with Crippen LogP contribution in [0.15, 0.2) is 121 Å². The summed E-state index contributed by atoms with van der Waals surface area (Å²) in [7, 11) is 0. The molecule has 4 nitrogen and oxygen atoms in total. The number of hydrogen-bond acceptors (Lipinski definition) is 4. The summed E-state index contributed by atoms with van der Waals surface area (Å²) < 4.78 is 12.5. The summed E-state index contributed by atoms with van der Waals surface area (Å²) >= 11 is 0. The van der Waals surface area contributed by atoms with Gasteiger partial charge >= 0.3 is 0 Å². The van der Waals surface area contributed by atoms with E-state index in [0.717, 1.165) is 22.4 Å². The second-order valence-corrected chi connectivity index (χ2v) is 7.12. The zero-order chi connectivity index (χ0) is 21.6. The Balaban J connectivity index is 1.74. The minimum Gasteiger partial charge on any atom is -0.451 e. The number of rotatable bonds is 6. The molecular weight excluding hydrogens is 396 g/mol. The molecule has 0 saturated heterocycles. The summed E-state index contributed by atoms with van der Waals surface area (Å²) in [5.74, 6) is 2.17. The standard InChI is InChI=1S/C28H20N2O2/c1-5-13-21(14-6-1)25-26(22-15-7-2-8-16-22)29-30-28(32-24-19-11-4-12-20-24)27(25)31-23-17-9-3-10-18-23/h1-20H. The lowest BCUT2D eigenvalue weighted by molar-refractivity contribution is 0.401. The van der Waals surface area contributed by atoms with Crippen LogP contribution in [0.5, 0.6) is 23.1 Å². The lowest BCUT2D eigenvalue weighted by Gasteiger charge is -2.18. The number of nitrogens with zero attached hydrogens (tertiary/aromatic N) is 2. The van der Waals surface area contributed by atoms with E-state index < -0.39 is 0 Å². The number of benzene rings is 4. The molecule has 1 heterocycles. The molecule has 0 atom stereocenters. The van der Waals surface area contributed by atoms with E-state index in [1.807, 2.05) is 121 Å². The van der Waals surface area contributed by atoms with Crippen LogP contribution in [0.1, 0.15) is 0 Å². The van der Waals surface area contributed by atoms with E-state index >= 15 is 0 Å². The zero-order valence-corrected chi connectivity index (χ0v) is 17.3. The third-order valence-corrected chi connectivity index (χ3v) is 4.93. The highest BCUT2D eigenvalue weighted by Crippen LogP contribution is 2.45. The van der Waals surface area contributed by atoms with Gasteiger partial charge in [0.05, 0.1) is 5.56 Å². The van der Waals surface area contributed by atoms with E-state index in [-0.39, 0.29) is 0 Å². The van der Waals surface area contributed by atoms with Crippen LogP contribution in [-0.2, 0) is 0 Å². The van der Waals surface area contributed by atoms with E-state index in [0.29, 0.717) is 23.1 Å². The van der Waals surface area contributed by atoms with Crippen molar-refractivity contribution in [3.05, 3.63) is 121 Å². The molecule has 5 aromatic rings. The first-order chi connectivity index (χ1) is 15.9. The lowest BCUT2D eigenvalue weighted by Crippen LogP contribution is -2.01. The molecule has 0 aliphatic rings. The minimum atomic E-state index is 0.304. The van der Waals surface area contributed by atoms with Crippen molar-refractivity contribution in [2.24, 2.45) is 0 Å². The summed E-state index contributed by atoms with van der Waals surface area (Å²) in [6, 6.07) is 39.2. The topological polar surface area (TPSA) is 44.2 Å². The van der Waals surface area contributed by atoms with E-state index in [4.69, 9.17) is 9.47 Å². The van der Waals surface area contributed by atoms with Gasteiger partial charge < -0.3 is 9.47 Å². The molecule has 0 unspecified atom stereocenters. The molecule has 0 radical (unpaired) electrons. The highest BCUT2D eigenvalue weighted by Gasteiger charge is 2.23. The van der Waals surface area contributed by atoms with Crippen LogP contribution in [-0.4, -0.2) is 10.2 Å². The maximum atomic E-state index is 6.40. The van der Waals surface area contributed by atoms with Gasteiger partial charge in [-0.05, 0) is 29.8 Å². The van der Waals surface area contributed by atoms with E-state index in [1.54, 1.807) is 0 Å². The molecule has 0 aliphatic heterocycles. The number of ether oxygens (including phenoxy) is 2. The van der Waals surface area contributed by atoms with E-state index in [9.17, 15) is 0 Å². The molecule has 0 aliphatic carbocycles. The average molecular weight is 416 g/mol. The van der Waals surface area contributed by atoms with Crippen LogP contribution in [0.4, 0.5) is 0 Å². The molecule has 0 amide bonds. The molecule has 1 aromatic heterocycles. The van der Waals surface area contributed by atoms with Gasteiger partial charge in [-0.2, -0.15) is 0 Å². The van der Waals surface area contributed by atoms with Crippen molar-refractivity contribution in [3.63, 3.8) is 0 Å². The fraction of sp³-hybridized carbons (Fsp3) is 0. The monoisotopic (exact) mass is 416 g/mol. The Kier molecular flexibility index (Phi) is 5.58. The summed E-state index contributed by atoms with van der Waals surface area (Å²) in [6.45, 7) is 0. The second-order valence-electron chi connectivity index (χ2n) is 7.12. The Morgan fingerprint density at radius 3 is 1.47 bits per heavy atom. The number of para-hydroxylation sites is 2. The first kappa shape index (κ1) is 19.5. The molecule has 0 bridgehead atoms. The first-order valence-electron chi connectivity index (χ1n) is 10.4. The Morgan fingerprint density at radius 1 is 0.438 bits per heavy atom. The van der Waals surface area contributed by atoms with Crippen LogP contribution in [0, 0.1) is 0 Å². The van der Waals surface area contributed by atoms with Gasteiger partial charge in [0.1, 0.15) is 17.2 Å². The Bertz CT molecular complexity index is 1290. The maximum absolute atomic E-state index is 6.40. The molecular formula is C28H20N2O2. The largest absolute Gasteiger partial charge is 0.451 e. The molecule has 4 aromatic carbocycles. The Morgan fingerprint density at radius 2 is 0.906 bits per heavy atom. The van der Waals surface area contributed by atoms with Crippen molar-refractivity contribution >= 4 is 0 Å². The average Bonchev–Trinajstić information content (AvgIpc) is 2.87. The Hall–Kier alpha value is -4.44. The van der Waals surface area contributed by atoms with Crippen molar-refractivity contribution in [3.8, 4) is 45.5 Å². The Labute approximate surface area is 186 Å². The van der Waals surface area contributed by atoms with Crippen LogP contribution in [0.3, 0.4) is 0 Å². The van der Waals surface area contributed by atoms with Gasteiger partial charge in [-0.3, -0.25) is 0 Å². The van der Waals surface area contributed by atoms with Crippen molar-refractivity contribution in [1.29, 1.82) is 0 Å². The zero-order valence-electron chi connectivity index (χ0n) is 17.3. The smallest absolute Gasteiger partial charge is 0.283 e. The molecule has 5 rings (SSSR count). The molecule has 0 saturated carbocycles. The predicted octanol–water partition coefficient (Wildman–Crippen LogP) is 7.40. The van der Waals surface area contributed by atoms with Crippen molar-refractivity contribution in [1.82, 2.24) is 10.2 Å². The van der Waals surface area contributed by atoms with Gasteiger partial charge in [-0.25, -0.2) is 0 Å². The molecule has 0 spiro atoms. The van der Waals surface area contributed by atoms with Gasteiger partial charge in [-0.15, -0.1) is 10.2 Å². The quantitative estimate of drug-likeness (QED) is 0.289. The third kappa shape index (κ3) is 4.20. The fourth-order valence-electron chi connectivity index (χ4n) is 3.44. The van der Waals surface area contributed by atoms with Crippen molar-refractivity contribution < 1.29 is 9.47 Å². The lowest BCUT2D eigenvalue weighted by atomic mass is 9.99. The summed E-state index contributed by atoms with van der Waals surface area (Å²) in [5.41, 5.74) is 3.46. The SMILES string of the molecule is c1ccc(Oc2nnc(-c3ccccc3)c(-c3ccccc3)c2Oc2ccccc2)cc1. The van der Waals surface area contributed by atoms with Crippen LogP contribution in [0.2, 0.25) is 0 Å². The predicted molar refractivity (Wildman–Crippen MR) is 126 cm³/mol. The normalized spacial score (nSPS) is 10.5. The van der Waals surface area contributed by atoms with E-state index in [2.05, 4.69) is 10.2 Å². The highest BCUT2D eigenvalue weighted by atomic mass is 16.5. The number of hydrogen-bond donors (Lipinski definition) is 0. The third-order valence-electron chi connectivity index (χ3n) is 4.93. The maximum Gasteiger partial charge on any atom is 0.283 e. The van der Waals surface area contributed by atoms with Gasteiger partial charge in [0.25, 0.3) is 5.88 Å². The van der Waals surface area contributed by atoms with E-state index in [1.165, 1.54) is 0 Å². The fourth-order valence-corrected chi connectivity index (χ4v) is 3.44. The summed E-state index contributed by atoms with van der Waals surface area (Å²) in [5, 5.41) is 9.00. The summed E-state index contributed by atoms with van der Waals surface area (Å²) in [6.07, 6.45) is 0. The molecule has 32 heavy (non-hydrogen) atoms. The van der Waals surface area contributed by atoms with Gasteiger partial charge in [0.15, 0.2) is 0 Å².